The van der Waals surface area contributed by atoms with Crippen LogP contribution in [0, 0.1) is 0 Å². The predicted molar refractivity (Wildman–Crippen MR) is 111 cm³/mol. The average Bonchev–Trinajstić information content (AvgIpc) is 3.24. The van der Waals surface area contributed by atoms with Gasteiger partial charge in [0, 0.05) is 10.7 Å². The monoisotopic (exact) mass is 481 g/mol. The van der Waals surface area contributed by atoms with Gasteiger partial charge in [0.2, 0.25) is 0 Å². The van der Waals surface area contributed by atoms with E-state index in [2.05, 4.69) is 19.9 Å². The van der Waals surface area contributed by atoms with E-state index in [1.165, 1.54) is 24.3 Å². The Kier molecular flexibility index (Phi) is 6.73. The first-order valence-electron chi connectivity index (χ1n) is 9.09. The lowest BCUT2D eigenvalue weighted by Crippen LogP contribution is -2.21. The number of ether oxygens (including phenoxy) is 2. The highest BCUT2D eigenvalue weighted by atomic mass is 35.5. The summed E-state index contributed by atoms with van der Waals surface area (Å²) < 4.78 is 51.3. The van der Waals surface area contributed by atoms with Gasteiger partial charge >= 0.3 is 18.1 Å². The van der Waals surface area contributed by atoms with Crippen LogP contribution in [-0.4, -0.2) is 41.8 Å². The van der Waals surface area contributed by atoms with Crippen LogP contribution in [0.4, 0.5) is 18.9 Å². The summed E-state index contributed by atoms with van der Waals surface area (Å²) in [6, 6.07) is 8.96. The normalized spacial score (nSPS) is 11.1. The molecule has 0 aliphatic carbocycles. The lowest BCUT2D eigenvalue weighted by molar-refractivity contribution is -0.143. The summed E-state index contributed by atoms with van der Waals surface area (Å²) in [6.07, 6.45) is -4.19. The van der Waals surface area contributed by atoms with E-state index in [0.29, 0.717) is 4.68 Å². The molecular weight excluding hydrogens is 467 g/mol. The van der Waals surface area contributed by atoms with Crippen LogP contribution in [0.15, 0.2) is 48.7 Å². The highest BCUT2D eigenvalue weighted by Crippen LogP contribution is 2.34. The molecule has 0 saturated carbocycles. The zero-order valence-corrected chi connectivity index (χ0v) is 17.8. The van der Waals surface area contributed by atoms with Gasteiger partial charge in [-0.1, -0.05) is 17.7 Å². The van der Waals surface area contributed by atoms with Crippen molar-refractivity contribution in [1.29, 1.82) is 0 Å². The number of nitrogens with one attached hydrogen (secondary N) is 1. The predicted octanol–water partition coefficient (Wildman–Crippen LogP) is 4.37. The number of carbonyl (C=O) groups is 3. The largest absolute Gasteiger partial charge is 0.465 e. The van der Waals surface area contributed by atoms with Crippen LogP contribution in [0.5, 0.6) is 0 Å². The van der Waals surface area contributed by atoms with Crippen LogP contribution in [0.2, 0.25) is 5.02 Å². The summed E-state index contributed by atoms with van der Waals surface area (Å²) in [6.45, 7) is 0. The van der Waals surface area contributed by atoms with E-state index >= 15 is 0 Å². The number of hydrogen-bond donors (Lipinski definition) is 1. The van der Waals surface area contributed by atoms with Crippen molar-refractivity contribution in [2.24, 2.45) is 0 Å². The van der Waals surface area contributed by atoms with Crippen molar-refractivity contribution in [3.05, 3.63) is 76.1 Å². The van der Waals surface area contributed by atoms with Crippen LogP contribution >= 0.6 is 11.6 Å². The van der Waals surface area contributed by atoms with Crippen LogP contribution in [-0.2, 0) is 15.7 Å². The molecule has 0 radical (unpaired) electrons. The summed E-state index contributed by atoms with van der Waals surface area (Å²) in [5, 5.41) is 6.13. The Balaban J connectivity index is 2.05. The zero-order chi connectivity index (χ0) is 24.3. The quantitative estimate of drug-likeness (QED) is 0.543. The Hall–Kier alpha value is -3.86. The molecule has 12 heteroatoms. The second-order valence-electron chi connectivity index (χ2n) is 6.53. The average molecular weight is 482 g/mol. The van der Waals surface area contributed by atoms with Gasteiger partial charge in [-0.15, -0.1) is 0 Å². The summed E-state index contributed by atoms with van der Waals surface area (Å²) in [7, 11) is 2.20. The van der Waals surface area contributed by atoms with Crippen molar-refractivity contribution < 1.29 is 37.0 Å². The first kappa shape index (κ1) is 23.8. The maximum Gasteiger partial charge on any atom is 0.434 e. The van der Waals surface area contributed by atoms with Crippen LogP contribution in [0.3, 0.4) is 0 Å². The minimum absolute atomic E-state index is 0.00505. The van der Waals surface area contributed by atoms with E-state index in [9.17, 15) is 27.6 Å². The Morgan fingerprint density at radius 1 is 1.00 bits per heavy atom. The standard InChI is InChI=1S/C21H15ClF3N3O5/c1-32-19(30)11-6-12(20(31)33-2)8-14(7-11)27-18(29)16-10-26-28(17(16)21(23,24)25)15-5-3-4-13(22)9-15/h3-10H,1-2H3,(H,27,29). The van der Waals surface area contributed by atoms with Crippen molar-refractivity contribution in [2.75, 3.05) is 19.5 Å². The maximum atomic E-state index is 13.9. The molecule has 0 aliphatic rings. The molecular formula is C21H15ClF3N3O5. The summed E-state index contributed by atoms with van der Waals surface area (Å²) in [4.78, 5) is 36.6. The minimum atomic E-state index is -4.95. The third-order valence-corrected chi connectivity index (χ3v) is 4.60. The van der Waals surface area contributed by atoms with Crippen molar-refractivity contribution in [3.63, 3.8) is 0 Å². The van der Waals surface area contributed by atoms with Crippen molar-refractivity contribution in [3.8, 4) is 5.69 Å². The second kappa shape index (κ2) is 9.33. The van der Waals surface area contributed by atoms with E-state index < -0.39 is 35.3 Å². The number of amides is 1. The zero-order valence-electron chi connectivity index (χ0n) is 17.1. The van der Waals surface area contributed by atoms with Gasteiger partial charge in [0.05, 0.1) is 42.8 Å². The number of rotatable bonds is 5. The van der Waals surface area contributed by atoms with E-state index in [-0.39, 0.29) is 27.5 Å². The van der Waals surface area contributed by atoms with Crippen molar-refractivity contribution >= 4 is 35.1 Å². The molecule has 0 aliphatic heterocycles. The fourth-order valence-corrected chi connectivity index (χ4v) is 3.15. The first-order chi connectivity index (χ1) is 15.5. The SMILES string of the molecule is COC(=O)c1cc(NC(=O)c2cnn(-c3cccc(Cl)c3)c2C(F)(F)F)cc(C(=O)OC)c1. The molecule has 1 aromatic heterocycles. The smallest absolute Gasteiger partial charge is 0.434 e. The molecule has 0 saturated heterocycles. The number of anilines is 1. The van der Waals surface area contributed by atoms with E-state index in [1.807, 2.05) is 0 Å². The molecule has 3 rings (SSSR count). The number of esters is 2. The number of hydrogen-bond acceptors (Lipinski definition) is 6. The third-order valence-electron chi connectivity index (χ3n) is 4.37. The molecule has 0 fully saturated rings. The molecule has 172 valence electrons. The fraction of sp³-hybridized carbons (Fsp3) is 0.143. The first-order valence-corrected chi connectivity index (χ1v) is 9.47. The number of methoxy groups -OCH3 is 2. The Morgan fingerprint density at radius 2 is 1.61 bits per heavy atom. The van der Waals surface area contributed by atoms with E-state index in [4.69, 9.17) is 11.6 Å². The molecule has 1 N–H and O–H groups in total. The van der Waals surface area contributed by atoms with Gasteiger partial charge in [-0.2, -0.15) is 18.3 Å². The Bertz CT molecular complexity index is 1210. The highest BCUT2D eigenvalue weighted by molar-refractivity contribution is 6.30. The molecule has 2 aromatic carbocycles. The number of alkyl halides is 3. The van der Waals surface area contributed by atoms with E-state index in [0.717, 1.165) is 38.6 Å². The molecule has 0 spiro atoms. The van der Waals surface area contributed by atoms with Gasteiger partial charge in [-0.25, -0.2) is 14.3 Å². The lowest BCUT2D eigenvalue weighted by atomic mass is 10.1. The Morgan fingerprint density at radius 3 is 2.12 bits per heavy atom. The van der Waals surface area contributed by atoms with Crippen molar-refractivity contribution in [1.82, 2.24) is 9.78 Å². The number of aromatic nitrogens is 2. The molecule has 1 heterocycles. The number of nitrogens with zero attached hydrogens (tertiary/aromatic N) is 2. The fourth-order valence-electron chi connectivity index (χ4n) is 2.96. The minimum Gasteiger partial charge on any atom is -0.465 e. The van der Waals surface area contributed by atoms with Gasteiger partial charge in [0.1, 0.15) is 0 Å². The lowest BCUT2D eigenvalue weighted by Gasteiger charge is -2.13. The highest BCUT2D eigenvalue weighted by Gasteiger charge is 2.40. The van der Waals surface area contributed by atoms with Gasteiger partial charge in [0.15, 0.2) is 5.69 Å². The summed E-state index contributed by atoms with van der Waals surface area (Å²) in [5.41, 5.74) is -2.51. The van der Waals surface area contributed by atoms with Crippen LogP contribution in [0.25, 0.3) is 5.69 Å². The Labute approximate surface area is 189 Å². The van der Waals surface area contributed by atoms with Crippen molar-refractivity contribution in [2.45, 2.75) is 6.18 Å². The number of halogens is 4. The molecule has 3 aromatic rings. The van der Waals surface area contributed by atoms with Crippen LogP contribution < -0.4 is 5.32 Å². The van der Waals surface area contributed by atoms with Gasteiger partial charge < -0.3 is 14.8 Å². The molecule has 0 unspecified atom stereocenters. The number of benzene rings is 2. The molecule has 33 heavy (non-hydrogen) atoms. The second-order valence-corrected chi connectivity index (χ2v) is 6.97. The summed E-state index contributed by atoms with van der Waals surface area (Å²) >= 11 is 5.87. The maximum absolute atomic E-state index is 13.9. The molecule has 1 amide bonds. The topological polar surface area (TPSA) is 99.5 Å². The van der Waals surface area contributed by atoms with Gasteiger partial charge in [-0.3, -0.25) is 4.79 Å². The summed E-state index contributed by atoms with van der Waals surface area (Å²) in [5.74, 6) is -2.84. The number of carbonyl (C=O) groups excluding carboxylic acids is 3. The van der Waals surface area contributed by atoms with E-state index in [1.54, 1.807) is 0 Å². The molecule has 0 bridgehead atoms. The molecule has 0 atom stereocenters. The molecule has 8 nitrogen and oxygen atoms in total. The van der Waals surface area contributed by atoms with Crippen LogP contribution in [0.1, 0.15) is 36.8 Å². The third kappa shape index (κ3) is 5.14. The van der Waals surface area contributed by atoms with Gasteiger partial charge in [0.25, 0.3) is 5.91 Å². The van der Waals surface area contributed by atoms with Gasteiger partial charge in [-0.05, 0) is 36.4 Å².